The van der Waals surface area contributed by atoms with Gasteiger partial charge in [-0.25, -0.2) is 4.79 Å². The molecule has 0 fully saturated rings. The van der Waals surface area contributed by atoms with Gasteiger partial charge in [-0.05, 0) is 25.7 Å². The molecule has 0 bridgehead atoms. The van der Waals surface area contributed by atoms with Crippen LogP contribution in [0.5, 0.6) is 0 Å². The molecule has 21 N–H and O–H groups in total. The third-order valence-corrected chi connectivity index (χ3v) is 10.2. The van der Waals surface area contributed by atoms with E-state index in [1.54, 1.807) is 0 Å². The average molecular weight is 1170 g/mol. The van der Waals surface area contributed by atoms with E-state index in [-0.39, 0.29) is 0 Å². The minimum atomic E-state index is -2.20. The van der Waals surface area contributed by atoms with Crippen LogP contribution in [0.25, 0.3) is 0 Å². The number of carboxylic acid groups (broad SMARTS) is 9. The molecule has 0 aromatic heterocycles. The minimum Gasteiger partial charge on any atom is -0.481 e. The molecule has 0 rings (SSSR count). The molecular weight excluding hydrogens is 1110 g/mol. The van der Waals surface area contributed by atoms with Crippen LogP contribution in [0.15, 0.2) is 0 Å². The number of carbonyl (C=O) groups excluding carboxylic acids is 10. The van der Waals surface area contributed by atoms with E-state index in [9.17, 15) is 122 Å². The minimum absolute atomic E-state index is 0.634. The summed E-state index contributed by atoms with van der Waals surface area (Å²) in [7, 11) is 0. The second kappa shape index (κ2) is 36.1. The van der Waals surface area contributed by atoms with Gasteiger partial charge in [0.25, 0.3) is 0 Å². The monoisotopic (exact) mass is 1170 g/mol. The van der Waals surface area contributed by atoms with Crippen LogP contribution >= 0.6 is 0 Å². The van der Waals surface area contributed by atoms with Crippen LogP contribution < -0.4 is 58.9 Å². The van der Waals surface area contributed by atoms with E-state index < -0.39 is 258 Å². The van der Waals surface area contributed by atoms with Gasteiger partial charge < -0.3 is 105 Å². The van der Waals surface area contributed by atoms with E-state index in [4.69, 9.17) is 21.1 Å². The summed E-state index contributed by atoms with van der Waals surface area (Å²) in [6.07, 6.45) is -10.7. The fourth-order valence-corrected chi connectivity index (χ4v) is 6.27. The molecule has 81 heavy (non-hydrogen) atoms. The topological polar surface area (TPSA) is 653 Å². The fraction of sp³-hybridized carbons (Fsp3) is 0.548. The zero-order chi connectivity index (χ0) is 62.3. The van der Waals surface area contributed by atoms with Crippen molar-refractivity contribution in [2.24, 2.45) is 5.73 Å². The summed E-state index contributed by atoms with van der Waals surface area (Å²) in [6, 6.07) is -15.5. The van der Waals surface area contributed by atoms with Crippen molar-refractivity contribution in [2.75, 3.05) is 19.6 Å². The molecule has 0 spiro atoms. The highest BCUT2D eigenvalue weighted by Gasteiger charge is 2.34. The van der Waals surface area contributed by atoms with Gasteiger partial charge in [0.05, 0.1) is 51.4 Å². The van der Waals surface area contributed by atoms with Crippen molar-refractivity contribution < 1.29 is 137 Å². The first-order valence-electron chi connectivity index (χ1n) is 23.3. The van der Waals surface area contributed by atoms with E-state index in [1.807, 2.05) is 53.2 Å². The molecule has 0 saturated heterocycles. The molecular formula is C42H59N11O28. The lowest BCUT2D eigenvalue weighted by Gasteiger charge is -2.24. The molecule has 39 nitrogen and oxygen atoms in total. The summed E-state index contributed by atoms with van der Waals surface area (Å²) in [5.41, 5.74) is 5.42. The highest BCUT2D eigenvalue weighted by atomic mass is 16.4. The first-order chi connectivity index (χ1) is 37.6. The third kappa shape index (κ3) is 31.6. The maximum atomic E-state index is 13.4. The van der Waals surface area contributed by atoms with E-state index in [0.717, 1.165) is 0 Å². The predicted octanol–water partition coefficient (Wildman–Crippen LogP) is -9.50. The third-order valence-electron chi connectivity index (χ3n) is 10.2. The smallest absolute Gasteiger partial charge is 0.326 e. The molecule has 0 aliphatic heterocycles. The van der Waals surface area contributed by atoms with E-state index in [1.165, 1.54) is 0 Å². The summed E-state index contributed by atoms with van der Waals surface area (Å²) < 4.78 is 0. The number of hydrogen-bond donors (Lipinski definition) is 20. The molecule has 0 heterocycles. The van der Waals surface area contributed by atoms with Gasteiger partial charge in [-0.15, -0.1) is 0 Å². The number of hydrogen-bond acceptors (Lipinski definition) is 20. The molecule has 39 heteroatoms. The maximum Gasteiger partial charge on any atom is 0.326 e. The Balaban J connectivity index is 6.14. The predicted molar refractivity (Wildman–Crippen MR) is 255 cm³/mol. The lowest BCUT2D eigenvalue weighted by Crippen LogP contribution is -2.58. The number of carbonyl (C=O) groups is 19. The average Bonchev–Trinajstić information content (AvgIpc) is 3.34. The Bertz CT molecular complexity index is 2430. The van der Waals surface area contributed by atoms with Crippen LogP contribution in [-0.4, -0.2) is 227 Å². The van der Waals surface area contributed by atoms with E-state index >= 15 is 0 Å². The van der Waals surface area contributed by atoms with Gasteiger partial charge in [0, 0.05) is 25.7 Å². The van der Waals surface area contributed by atoms with Crippen LogP contribution in [-0.2, 0) is 91.1 Å². The summed E-state index contributed by atoms with van der Waals surface area (Å²) in [5, 5.41) is 102. The van der Waals surface area contributed by atoms with Crippen molar-refractivity contribution >= 4 is 113 Å². The number of nitrogens with two attached hydrogens (primary N) is 1. The summed E-state index contributed by atoms with van der Waals surface area (Å²) >= 11 is 0. The zero-order valence-electron chi connectivity index (χ0n) is 42.1. The van der Waals surface area contributed by atoms with Gasteiger partial charge in [0.2, 0.25) is 59.1 Å². The lowest BCUT2D eigenvalue weighted by atomic mass is 10.1. The van der Waals surface area contributed by atoms with Gasteiger partial charge in [-0.2, -0.15) is 0 Å². The van der Waals surface area contributed by atoms with Gasteiger partial charge in [-0.1, -0.05) is 0 Å². The van der Waals surface area contributed by atoms with Crippen molar-refractivity contribution in [3.05, 3.63) is 0 Å². The van der Waals surface area contributed by atoms with Crippen LogP contribution in [0.4, 0.5) is 0 Å². The van der Waals surface area contributed by atoms with Crippen molar-refractivity contribution in [3.8, 4) is 0 Å². The normalized spacial score (nSPS) is 13.5. The Kier molecular flexibility index (Phi) is 31.6. The molecule has 0 unspecified atom stereocenters. The lowest BCUT2D eigenvalue weighted by molar-refractivity contribution is -0.144. The summed E-state index contributed by atoms with van der Waals surface area (Å²) in [6.45, 7) is -3.47. The molecule has 450 valence electrons. The maximum absolute atomic E-state index is 13.4. The van der Waals surface area contributed by atoms with Crippen molar-refractivity contribution in [1.29, 1.82) is 0 Å². The molecule has 0 saturated carbocycles. The SMILES string of the molecule is N[C@@H](CC(=O)O)C(=O)N[C@@H](CC(=O)O)C(=O)NCC(=O)N[C@@H](CCC(=O)O)C(=O)N[C@@H](CCC(=O)O)C(=O)NCC(=O)N[C@@H](CC(=O)O)C(=O)N[C@@H](CC(=O)O)C(=O)NCC(=O)N[C@@H](CCC(=O)O)C(=O)N[C@@H](CCC(=O)O)C(=O)O. The van der Waals surface area contributed by atoms with Crippen molar-refractivity contribution in [3.63, 3.8) is 0 Å². The second-order valence-corrected chi connectivity index (χ2v) is 16.8. The van der Waals surface area contributed by atoms with Crippen LogP contribution in [0, 0.1) is 0 Å². The standard InChI is InChI=1S/C42H59N11O28/c43-16(9-31(65)66)35(73)52-21(10-32(67)68)37(75)45-13-24(54)47-18(2-6-28(59)60)39(77)50-17(1-5-27(57)58)36(74)44-15-26(56)49-23(12-34(71)72)41(79)53-22(11-33(69)70)38(76)46-14-25(55)48-19(3-7-29(61)62)40(78)51-20(42(80)81)4-8-30(63)64/h16-23H,1-15,43H2,(H,44,74)(H,45,75)(H,46,76)(H,47,54)(H,48,55)(H,49,56)(H,50,77)(H,51,78)(H,52,73)(H,53,79)(H,57,58)(H,59,60)(H,61,62)(H,63,64)(H,65,66)(H,67,68)(H,69,70)(H,71,72)(H,80,81)/t16-,17-,18-,19-,20-,21-,22-,23-/m0/s1. The Morgan fingerprint density at radius 1 is 0.272 bits per heavy atom. The molecule has 0 aromatic carbocycles. The van der Waals surface area contributed by atoms with Crippen LogP contribution in [0.3, 0.4) is 0 Å². The molecule has 8 atom stereocenters. The number of carboxylic acids is 9. The summed E-state index contributed by atoms with van der Waals surface area (Å²) in [5.74, 6) is -28.2. The number of nitrogens with one attached hydrogen (secondary N) is 10. The Hall–Kier alpha value is -10.1. The van der Waals surface area contributed by atoms with Crippen LogP contribution in [0.2, 0.25) is 0 Å². The molecule has 0 aromatic rings. The summed E-state index contributed by atoms with van der Waals surface area (Å²) in [4.78, 5) is 231. The fourth-order valence-electron chi connectivity index (χ4n) is 6.27. The molecule has 0 aliphatic carbocycles. The number of rotatable bonds is 41. The van der Waals surface area contributed by atoms with Gasteiger partial charge in [0.15, 0.2) is 0 Å². The first kappa shape index (κ1) is 70.9. The Morgan fingerprint density at radius 2 is 0.506 bits per heavy atom. The quantitative estimate of drug-likeness (QED) is 0.0270. The first-order valence-corrected chi connectivity index (χ1v) is 23.3. The largest absolute Gasteiger partial charge is 0.481 e. The van der Waals surface area contributed by atoms with Crippen LogP contribution in [0.1, 0.15) is 77.0 Å². The second-order valence-electron chi connectivity index (χ2n) is 16.8. The molecule has 0 aliphatic rings. The Morgan fingerprint density at radius 3 is 0.815 bits per heavy atom. The van der Waals surface area contributed by atoms with Gasteiger partial charge in [-0.3, -0.25) is 86.3 Å². The highest BCUT2D eigenvalue weighted by molar-refractivity contribution is 5.99. The van der Waals surface area contributed by atoms with Gasteiger partial charge in [0.1, 0.15) is 42.3 Å². The zero-order valence-corrected chi connectivity index (χ0v) is 42.1. The Labute approximate surface area is 453 Å². The van der Waals surface area contributed by atoms with Crippen molar-refractivity contribution in [2.45, 2.75) is 125 Å². The number of aliphatic carboxylic acids is 9. The van der Waals surface area contributed by atoms with Crippen molar-refractivity contribution in [1.82, 2.24) is 53.2 Å². The molecule has 10 amide bonds. The van der Waals surface area contributed by atoms with Gasteiger partial charge >= 0.3 is 53.7 Å². The van der Waals surface area contributed by atoms with E-state index in [2.05, 4.69) is 0 Å². The molecule has 0 radical (unpaired) electrons. The number of amides is 10. The highest BCUT2D eigenvalue weighted by Crippen LogP contribution is 2.07. The van der Waals surface area contributed by atoms with E-state index in [0.29, 0.717) is 0 Å².